The van der Waals surface area contributed by atoms with Crippen molar-refractivity contribution in [2.45, 2.75) is 11.8 Å². The Morgan fingerprint density at radius 1 is 0.705 bits per heavy atom. The molecule has 6 N–H and O–H groups in total. The molecular formula is C42H27ClN8O9S. The highest BCUT2D eigenvalue weighted by Crippen LogP contribution is 2.41. The van der Waals surface area contributed by atoms with Crippen LogP contribution in [0.25, 0.3) is 10.8 Å². The van der Waals surface area contributed by atoms with Gasteiger partial charge in [0.1, 0.15) is 5.69 Å². The zero-order chi connectivity index (χ0) is 43.2. The number of hydrogen-bond acceptors (Lipinski definition) is 14. The molecule has 1 aliphatic rings. The number of benzene rings is 6. The number of carbonyl (C=O) groups is 4. The first kappa shape index (κ1) is 39.9. The summed E-state index contributed by atoms with van der Waals surface area (Å²) in [5, 5.41) is 38.0. The van der Waals surface area contributed by atoms with Crippen molar-refractivity contribution in [2.75, 3.05) is 16.0 Å². The molecule has 7 aromatic rings. The van der Waals surface area contributed by atoms with Gasteiger partial charge in [0.05, 0.1) is 21.7 Å². The van der Waals surface area contributed by atoms with Crippen LogP contribution in [0.5, 0.6) is 5.75 Å². The number of phenols is 1. The molecule has 0 aliphatic heterocycles. The van der Waals surface area contributed by atoms with E-state index in [4.69, 9.17) is 11.6 Å². The van der Waals surface area contributed by atoms with E-state index in [1.807, 2.05) is 19.1 Å². The number of ketones is 2. The summed E-state index contributed by atoms with van der Waals surface area (Å²) in [6.45, 7) is 1.92. The average molecular weight is 855 g/mol. The van der Waals surface area contributed by atoms with Gasteiger partial charge in [0.25, 0.3) is 16.0 Å². The van der Waals surface area contributed by atoms with Gasteiger partial charge in [-0.2, -0.15) is 28.5 Å². The van der Waals surface area contributed by atoms with Crippen LogP contribution in [-0.2, 0) is 10.1 Å². The van der Waals surface area contributed by atoms with Crippen molar-refractivity contribution in [3.8, 4) is 5.75 Å². The van der Waals surface area contributed by atoms with Crippen molar-refractivity contribution < 1.29 is 42.4 Å². The lowest BCUT2D eigenvalue weighted by Crippen LogP contribution is -2.21. The lowest BCUT2D eigenvalue weighted by molar-refractivity contribution is 0.0696. The number of carboxylic acid groups (broad SMARTS) is 1. The Labute approximate surface area is 349 Å². The number of aromatic hydroxyl groups is 1. The van der Waals surface area contributed by atoms with Gasteiger partial charge in [-0.1, -0.05) is 48.0 Å². The lowest BCUT2D eigenvalue weighted by atomic mass is 9.84. The van der Waals surface area contributed by atoms with Gasteiger partial charge >= 0.3 is 5.97 Å². The largest absolute Gasteiger partial charge is 0.505 e. The quantitative estimate of drug-likeness (QED) is 0.0556. The number of aromatic nitrogens is 3. The first-order valence-corrected chi connectivity index (χ1v) is 19.7. The van der Waals surface area contributed by atoms with Gasteiger partial charge in [0, 0.05) is 44.7 Å². The number of hydrogen-bond donors (Lipinski definition) is 6. The van der Waals surface area contributed by atoms with Crippen molar-refractivity contribution in [1.29, 1.82) is 0 Å². The Morgan fingerprint density at radius 3 is 2.02 bits per heavy atom. The zero-order valence-electron chi connectivity index (χ0n) is 31.2. The molecule has 0 spiro atoms. The molecule has 1 aromatic heterocycles. The van der Waals surface area contributed by atoms with Crippen LogP contribution in [0.2, 0.25) is 5.28 Å². The number of aryl methyl sites for hydroxylation is 1. The molecule has 302 valence electrons. The van der Waals surface area contributed by atoms with Crippen LogP contribution in [0.3, 0.4) is 0 Å². The highest BCUT2D eigenvalue weighted by Gasteiger charge is 2.30. The highest BCUT2D eigenvalue weighted by molar-refractivity contribution is 7.85. The molecule has 8 rings (SSSR count). The molecule has 17 nitrogen and oxygen atoms in total. The average Bonchev–Trinajstić information content (AvgIpc) is 3.22. The van der Waals surface area contributed by atoms with E-state index in [2.05, 4.69) is 41.1 Å². The van der Waals surface area contributed by atoms with Gasteiger partial charge in [-0.15, -0.1) is 5.11 Å². The number of azo groups is 1. The maximum atomic E-state index is 13.8. The standard InChI is InChI=1S/C42H27ClN8O9S/c1-20-6-9-23(10-7-20)45-41-47-40(43)48-42(49-41)46-25-16-26(18-27(17-25)61(58,59)60)50-51-34-28-12-8-21(39(56)57)14-22(28)15-33(37(34)54)38(55)44-24-11-13-31-32(19-24)36(53)30-5-3-2-4-29(30)35(31)52/h2-19,54H,1H3,(H,44,55)(H,56,57)(H,58,59,60)(H2,45,46,47,48,49). The van der Waals surface area contributed by atoms with Gasteiger partial charge < -0.3 is 26.2 Å². The van der Waals surface area contributed by atoms with Crippen LogP contribution in [0.1, 0.15) is 58.1 Å². The van der Waals surface area contributed by atoms with Crippen LogP contribution < -0.4 is 16.0 Å². The van der Waals surface area contributed by atoms with Crippen LogP contribution in [0.4, 0.5) is 40.3 Å². The molecule has 0 radical (unpaired) electrons. The predicted molar refractivity (Wildman–Crippen MR) is 223 cm³/mol. The molecule has 61 heavy (non-hydrogen) atoms. The fourth-order valence-corrected chi connectivity index (χ4v) is 7.19. The number of nitrogens with zero attached hydrogens (tertiary/aromatic N) is 5. The Morgan fingerprint density at radius 2 is 1.34 bits per heavy atom. The van der Waals surface area contributed by atoms with Crippen molar-refractivity contribution in [3.05, 3.63) is 153 Å². The van der Waals surface area contributed by atoms with E-state index in [-0.39, 0.29) is 89.9 Å². The SMILES string of the molecule is Cc1ccc(Nc2nc(Cl)nc(Nc3cc(N=Nc4c(O)c(C(=O)Nc5ccc6c(c5)C(=O)c5ccccc5C6=O)cc5cc(C(=O)O)ccc45)cc(S(=O)(=O)O)c3)n2)cc1. The summed E-state index contributed by atoms with van der Waals surface area (Å²) in [5.41, 5.74) is 1.40. The van der Waals surface area contributed by atoms with Gasteiger partial charge in [0.2, 0.25) is 17.2 Å². The second kappa shape index (κ2) is 15.7. The van der Waals surface area contributed by atoms with E-state index in [1.165, 1.54) is 54.6 Å². The van der Waals surface area contributed by atoms with Crippen LogP contribution in [0, 0.1) is 6.92 Å². The summed E-state index contributed by atoms with van der Waals surface area (Å²) < 4.78 is 34.7. The fraction of sp³-hybridized carbons (Fsp3) is 0.0238. The van der Waals surface area contributed by atoms with E-state index in [1.54, 1.807) is 30.3 Å². The van der Waals surface area contributed by atoms with E-state index in [0.717, 1.165) is 17.7 Å². The molecule has 1 aliphatic carbocycles. The molecule has 0 saturated carbocycles. The molecule has 0 saturated heterocycles. The summed E-state index contributed by atoms with van der Waals surface area (Å²) in [7, 11) is -4.85. The Kier molecular flexibility index (Phi) is 10.2. The molecule has 0 atom stereocenters. The minimum absolute atomic E-state index is 0.00495. The number of rotatable bonds is 10. The van der Waals surface area contributed by atoms with Crippen molar-refractivity contribution >= 4 is 96.3 Å². The van der Waals surface area contributed by atoms with Crippen molar-refractivity contribution in [1.82, 2.24) is 15.0 Å². The normalized spacial score (nSPS) is 12.2. The maximum absolute atomic E-state index is 13.8. The number of carboxylic acids is 1. The smallest absolute Gasteiger partial charge is 0.335 e. The van der Waals surface area contributed by atoms with E-state index in [0.29, 0.717) is 5.69 Å². The van der Waals surface area contributed by atoms with Crippen molar-refractivity contribution in [3.63, 3.8) is 0 Å². The summed E-state index contributed by atoms with van der Waals surface area (Å²) in [6.07, 6.45) is 0. The minimum Gasteiger partial charge on any atom is -0.505 e. The summed E-state index contributed by atoms with van der Waals surface area (Å²) >= 11 is 6.16. The summed E-state index contributed by atoms with van der Waals surface area (Å²) in [4.78, 5) is 63.9. The zero-order valence-corrected chi connectivity index (χ0v) is 32.8. The third-order valence-electron chi connectivity index (χ3n) is 9.39. The summed E-state index contributed by atoms with van der Waals surface area (Å²) in [5.74, 6) is -3.74. The molecule has 0 bridgehead atoms. The first-order valence-electron chi connectivity index (χ1n) is 17.8. The Hall–Kier alpha value is -7.93. The van der Waals surface area contributed by atoms with Crippen LogP contribution in [0.15, 0.2) is 124 Å². The third kappa shape index (κ3) is 8.21. The van der Waals surface area contributed by atoms with E-state index in [9.17, 15) is 42.4 Å². The van der Waals surface area contributed by atoms with Crippen molar-refractivity contribution in [2.24, 2.45) is 10.2 Å². The number of anilines is 5. The first-order chi connectivity index (χ1) is 29.1. The van der Waals surface area contributed by atoms with Gasteiger partial charge in [-0.05, 0) is 90.6 Å². The molecule has 0 unspecified atom stereocenters. The van der Waals surface area contributed by atoms with E-state index < -0.39 is 38.4 Å². The van der Waals surface area contributed by atoms with Gasteiger partial charge in [0.15, 0.2) is 17.3 Å². The van der Waals surface area contributed by atoms with Crippen LogP contribution in [-0.4, -0.2) is 61.6 Å². The highest BCUT2D eigenvalue weighted by atomic mass is 35.5. The molecule has 1 heterocycles. The lowest BCUT2D eigenvalue weighted by Gasteiger charge is -2.18. The van der Waals surface area contributed by atoms with Gasteiger partial charge in [-0.3, -0.25) is 18.9 Å². The third-order valence-corrected chi connectivity index (χ3v) is 10.4. The topological polar surface area (TPSA) is 263 Å². The number of carbonyl (C=O) groups excluding carboxylic acids is 3. The monoisotopic (exact) mass is 854 g/mol. The number of fused-ring (bicyclic) bond motifs is 3. The molecule has 19 heteroatoms. The molecular weight excluding hydrogens is 828 g/mol. The Balaban J connectivity index is 1.14. The predicted octanol–water partition coefficient (Wildman–Crippen LogP) is 8.57. The van der Waals surface area contributed by atoms with E-state index >= 15 is 0 Å². The number of phenolic OH excluding ortho intramolecular Hbond substituents is 1. The maximum Gasteiger partial charge on any atom is 0.335 e. The summed E-state index contributed by atoms with van der Waals surface area (Å²) in [6, 6.07) is 26.3. The number of nitrogens with one attached hydrogen (secondary N) is 3. The molecule has 1 amide bonds. The number of halogens is 1. The Bertz CT molecular complexity index is 3180. The molecule has 6 aromatic carbocycles. The van der Waals surface area contributed by atoms with Gasteiger partial charge in [-0.25, -0.2) is 4.79 Å². The fourth-order valence-electron chi connectivity index (χ4n) is 6.49. The number of aromatic carboxylic acids is 1. The number of amides is 1. The second-order valence-electron chi connectivity index (χ2n) is 13.5. The minimum atomic E-state index is -4.85. The van der Waals surface area contributed by atoms with Crippen LogP contribution >= 0.6 is 11.6 Å². The second-order valence-corrected chi connectivity index (χ2v) is 15.3. The molecule has 0 fully saturated rings.